The second-order valence-electron chi connectivity index (χ2n) is 8.47. The Kier molecular flexibility index (Phi) is 5.69. The van der Waals surface area contributed by atoms with Crippen LogP contribution < -0.4 is 10.2 Å². The molecule has 4 nitrogen and oxygen atoms in total. The average molecular weight is 473 g/mol. The quantitative estimate of drug-likeness (QED) is 0.338. The van der Waals surface area contributed by atoms with Crippen LogP contribution in [0.15, 0.2) is 79.0 Å². The fourth-order valence-corrected chi connectivity index (χ4v) is 5.20. The number of aryl methyl sites for hydroxylation is 2. The molecule has 0 radical (unpaired) electrons. The van der Waals surface area contributed by atoms with Gasteiger partial charge in [-0.2, -0.15) is 0 Å². The second kappa shape index (κ2) is 8.65. The summed E-state index contributed by atoms with van der Waals surface area (Å²) >= 11 is 12.0. The van der Waals surface area contributed by atoms with Crippen molar-refractivity contribution >= 4 is 34.6 Å². The molecule has 2 unspecified atom stereocenters. The maximum absolute atomic E-state index is 6.14. The summed E-state index contributed by atoms with van der Waals surface area (Å²) in [6.07, 6.45) is 1.84. The summed E-state index contributed by atoms with van der Waals surface area (Å²) in [4.78, 5) is 6.89. The molecule has 1 N–H and O–H groups in total. The summed E-state index contributed by atoms with van der Waals surface area (Å²) < 4.78 is 2.27. The first kappa shape index (κ1) is 21.7. The molecule has 0 amide bonds. The fraction of sp³-hybridized carbons (Fsp3) is 0.185. The molecule has 1 aliphatic heterocycles. The summed E-state index contributed by atoms with van der Waals surface area (Å²) in [5.74, 6) is 0. The van der Waals surface area contributed by atoms with Crippen molar-refractivity contribution in [3.63, 3.8) is 0 Å². The number of hydrogen-bond donors (Lipinski definition) is 1. The predicted octanol–water partition coefficient (Wildman–Crippen LogP) is 6.63. The van der Waals surface area contributed by atoms with Crippen molar-refractivity contribution in [2.24, 2.45) is 0 Å². The zero-order chi connectivity index (χ0) is 23.1. The van der Waals surface area contributed by atoms with Crippen LogP contribution in [-0.4, -0.2) is 14.7 Å². The summed E-state index contributed by atoms with van der Waals surface area (Å²) in [5.41, 5.74) is 7.89. The standard InChI is InChI=1S/C27H25ClN4S/c1-17-7-11-22(12-8-17)32-26(25(30-27(32)33)24-6-4-5-15-29-24)23-16-18(2)31(19(23)3)21-13-9-20(28)10-14-21/h4-16,25-26H,1-3H3,(H,30,33). The van der Waals surface area contributed by atoms with Crippen molar-refractivity contribution in [1.29, 1.82) is 0 Å². The Morgan fingerprint density at radius 1 is 0.909 bits per heavy atom. The maximum Gasteiger partial charge on any atom is 0.174 e. The van der Waals surface area contributed by atoms with Gasteiger partial charge in [-0.1, -0.05) is 35.4 Å². The van der Waals surface area contributed by atoms with Gasteiger partial charge in [0.25, 0.3) is 0 Å². The minimum Gasteiger partial charge on any atom is -0.351 e. The molecule has 0 aliphatic carbocycles. The first-order valence-corrected chi connectivity index (χ1v) is 11.7. The zero-order valence-electron chi connectivity index (χ0n) is 18.8. The Labute approximate surface area is 204 Å². The van der Waals surface area contributed by atoms with Crippen LogP contribution in [0.1, 0.15) is 40.3 Å². The molecule has 2 atom stereocenters. The number of benzene rings is 2. The van der Waals surface area contributed by atoms with Gasteiger partial charge in [0.05, 0.1) is 17.8 Å². The molecule has 2 aromatic heterocycles. The molecular formula is C27H25ClN4S. The summed E-state index contributed by atoms with van der Waals surface area (Å²) in [7, 11) is 0. The van der Waals surface area contributed by atoms with Crippen molar-refractivity contribution in [3.8, 4) is 5.69 Å². The molecule has 1 saturated heterocycles. The van der Waals surface area contributed by atoms with E-state index >= 15 is 0 Å². The SMILES string of the molecule is Cc1ccc(N2C(=S)NC(c3ccccn3)C2c2cc(C)n(-c3ccc(Cl)cc3)c2C)cc1. The monoisotopic (exact) mass is 472 g/mol. The van der Waals surface area contributed by atoms with Gasteiger partial charge in [0.1, 0.15) is 0 Å². The topological polar surface area (TPSA) is 33.1 Å². The molecule has 0 bridgehead atoms. The van der Waals surface area contributed by atoms with Gasteiger partial charge in [-0.15, -0.1) is 0 Å². The van der Waals surface area contributed by atoms with E-state index in [1.165, 1.54) is 16.8 Å². The number of pyridine rings is 1. The number of thiocarbonyl (C=S) groups is 1. The van der Waals surface area contributed by atoms with E-state index in [2.05, 4.69) is 89.1 Å². The summed E-state index contributed by atoms with van der Waals surface area (Å²) in [5, 5.41) is 4.99. The van der Waals surface area contributed by atoms with Crippen molar-refractivity contribution < 1.29 is 0 Å². The molecule has 6 heteroatoms. The summed E-state index contributed by atoms with van der Waals surface area (Å²) in [6.45, 7) is 6.40. The molecule has 166 valence electrons. The van der Waals surface area contributed by atoms with E-state index in [-0.39, 0.29) is 12.1 Å². The molecule has 0 saturated carbocycles. The number of nitrogens with zero attached hydrogens (tertiary/aromatic N) is 3. The third-order valence-corrected chi connectivity index (χ3v) is 6.85. The van der Waals surface area contributed by atoms with E-state index in [4.69, 9.17) is 23.8 Å². The van der Waals surface area contributed by atoms with E-state index in [0.717, 1.165) is 27.8 Å². The third-order valence-electron chi connectivity index (χ3n) is 6.28. The van der Waals surface area contributed by atoms with Gasteiger partial charge in [-0.05, 0) is 93.1 Å². The lowest BCUT2D eigenvalue weighted by Gasteiger charge is -2.28. The normalized spacial score (nSPS) is 17.9. The zero-order valence-corrected chi connectivity index (χ0v) is 20.4. The number of hydrogen-bond acceptors (Lipinski definition) is 2. The van der Waals surface area contributed by atoms with E-state index in [0.29, 0.717) is 5.11 Å². The lowest BCUT2D eigenvalue weighted by molar-refractivity contribution is 0.565. The van der Waals surface area contributed by atoms with Crippen molar-refractivity contribution in [1.82, 2.24) is 14.9 Å². The highest BCUT2D eigenvalue weighted by atomic mass is 35.5. The largest absolute Gasteiger partial charge is 0.351 e. The highest BCUT2D eigenvalue weighted by Gasteiger charge is 2.42. The van der Waals surface area contributed by atoms with Gasteiger partial charge in [-0.25, -0.2) is 0 Å². The number of halogens is 1. The number of aromatic nitrogens is 2. The van der Waals surface area contributed by atoms with Crippen molar-refractivity contribution in [2.75, 3.05) is 4.90 Å². The Balaban J connectivity index is 1.67. The van der Waals surface area contributed by atoms with Crippen LogP contribution in [0.25, 0.3) is 5.69 Å². The van der Waals surface area contributed by atoms with Gasteiger partial charge in [0.2, 0.25) is 0 Å². The lowest BCUT2D eigenvalue weighted by Crippen LogP contribution is -2.29. The van der Waals surface area contributed by atoms with Gasteiger partial charge in [0, 0.05) is 34.0 Å². The molecule has 1 fully saturated rings. The van der Waals surface area contributed by atoms with Gasteiger partial charge in [-0.3, -0.25) is 4.98 Å². The van der Waals surface area contributed by atoms with E-state index in [1.807, 2.05) is 30.5 Å². The van der Waals surface area contributed by atoms with Crippen molar-refractivity contribution in [2.45, 2.75) is 32.9 Å². The number of anilines is 1. The molecule has 3 heterocycles. The summed E-state index contributed by atoms with van der Waals surface area (Å²) in [6, 6.07) is 24.7. The number of nitrogens with one attached hydrogen (secondary N) is 1. The Hall–Kier alpha value is -3.15. The van der Waals surface area contributed by atoms with Crippen LogP contribution in [0.4, 0.5) is 5.69 Å². The van der Waals surface area contributed by atoms with Gasteiger partial charge in [0.15, 0.2) is 5.11 Å². The Morgan fingerprint density at radius 2 is 1.61 bits per heavy atom. The predicted molar refractivity (Wildman–Crippen MR) is 139 cm³/mol. The van der Waals surface area contributed by atoms with Crippen LogP contribution in [0.2, 0.25) is 5.02 Å². The first-order chi connectivity index (χ1) is 15.9. The molecule has 4 aromatic rings. The van der Waals surface area contributed by atoms with E-state index in [9.17, 15) is 0 Å². The second-order valence-corrected chi connectivity index (χ2v) is 9.29. The van der Waals surface area contributed by atoms with Crippen LogP contribution in [0, 0.1) is 20.8 Å². The minimum absolute atomic E-state index is 0.0395. The van der Waals surface area contributed by atoms with Gasteiger partial charge >= 0.3 is 0 Å². The maximum atomic E-state index is 6.14. The third kappa shape index (κ3) is 3.92. The van der Waals surface area contributed by atoms with Crippen molar-refractivity contribution in [3.05, 3.63) is 112 Å². The molecule has 5 rings (SSSR count). The molecule has 1 aliphatic rings. The highest BCUT2D eigenvalue weighted by molar-refractivity contribution is 7.80. The molecule has 33 heavy (non-hydrogen) atoms. The number of rotatable bonds is 4. The average Bonchev–Trinajstić information content (AvgIpc) is 3.31. The molecule has 2 aromatic carbocycles. The van der Waals surface area contributed by atoms with Gasteiger partial charge < -0.3 is 14.8 Å². The molecule has 0 spiro atoms. The minimum atomic E-state index is -0.0702. The molecular weight excluding hydrogens is 448 g/mol. The fourth-order valence-electron chi connectivity index (χ4n) is 4.73. The van der Waals surface area contributed by atoms with Crippen LogP contribution >= 0.6 is 23.8 Å². The van der Waals surface area contributed by atoms with E-state index < -0.39 is 0 Å². The van der Waals surface area contributed by atoms with E-state index in [1.54, 1.807) is 0 Å². The lowest BCUT2D eigenvalue weighted by atomic mass is 9.96. The smallest absolute Gasteiger partial charge is 0.174 e. The Bertz CT molecular complexity index is 1300. The highest BCUT2D eigenvalue weighted by Crippen LogP contribution is 2.43. The van der Waals surface area contributed by atoms with Crippen LogP contribution in [0.3, 0.4) is 0 Å². The van der Waals surface area contributed by atoms with Crippen LogP contribution in [0.5, 0.6) is 0 Å². The Morgan fingerprint density at radius 3 is 2.27 bits per heavy atom. The van der Waals surface area contributed by atoms with Crippen LogP contribution in [-0.2, 0) is 0 Å². The first-order valence-electron chi connectivity index (χ1n) is 11.0.